The second-order valence-corrected chi connectivity index (χ2v) is 5.79. The Kier molecular flexibility index (Phi) is 4.42. The maximum atomic E-state index is 12.0. The van der Waals surface area contributed by atoms with Gasteiger partial charge in [-0.25, -0.2) is 4.79 Å². The fourth-order valence-corrected chi connectivity index (χ4v) is 2.59. The van der Waals surface area contributed by atoms with Crippen molar-refractivity contribution in [1.29, 1.82) is 0 Å². The highest BCUT2D eigenvalue weighted by Crippen LogP contribution is 2.32. The van der Waals surface area contributed by atoms with E-state index in [2.05, 4.69) is 15.6 Å². The summed E-state index contributed by atoms with van der Waals surface area (Å²) in [5.41, 5.74) is 3.60. The Morgan fingerprint density at radius 2 is 1.81 bits per heavy atom. The normalized spacial score (nSPS) is 12.0. The third kappa shape index (κ3) is 3.61. The summed E-state index contributed by atoms with van der Waals surface area (Å²) in [6, 6.07) is 11.0. The lowest BCUT2D eigenvalue weighted by atomic mass is 10.2. The Morgan fingerprint density at radius 1 is 1.00 bits per heavy atom. The van der Waals surface area contributed by atoms with Crippen molar-refractivity contribution in [2.24, 2.45) is 0 Å². The molecule has 0 saturated carbocycles. The van der Waals surface area contributed by atoms with Gasteiger partial charge in [0.15, 0.2) is 11.5 Å². The van der Waals surface area contributed by atoms with Gasteiger partial charge in [0.05, 0.1) is 18.2 Å². The van der Waals surface area contributed by atoms with Crippen LogP contribution in [0, 0.1) is 0 Å². The maximum Gasteiger partial charge on any atom is 0.315 e. The Morgan fingerprint density at radius 3 is 2.58 bits per heavy atom. The summed E-state index contributed by atoms with van der Waals surface area (Å²) in [5.74, 6) is 1.43. The minimum absolute atomic E-state index is 0.236. The predicted molar refractivity (Wildman–Crippen MR) is 93.6 cm³/mol. The molecule has 0 radical (unpaired) electrons. The number of pyridine rings is 1. The summed E-state index contributed by atoms with van der Waals surface area (Å²) >= 11 is 0. The molecular formula is C19H17N3O4. The molecule has 0 unspecified atom stereocenters. The van der Waals surface area contributed by atoms with Crippen molar-refractivity contribution in [3.8, 4) is 22.8 Å². The lowest BCUT2D eigenvalue weighted by Gasteiger charge is -2.08. The summed E-state index contributed by atoms with van der Waals surface area (Å²) in [4.78, 5) is 16.3. The van der Waals surface area contributed by atoms with Gasteiger partial charge in [-0.3, -0.25) is 4.98 Å². The van der Waals surface area contributed by atoms with Crippen LogP contribution in [0.5, 0.6) is 11.5 Å². The Labute approximate surface area is 150 Å². The molecular weight excluding hydrogens is 334 g/mol. The van der Waals surface area contributed by atoms with Gasteiger partial charge >= 0.3 is 6.03 Å². The average Bonchev–Trinajstić information content (AvgIpc) is 3.36. The van der Waals surface area contributed by atoms with Crippen LogP contribution in [0.3, 0.4) is 0 Å². The molecule has 2 aromatic heterocycles. The number of hydrogen-bond acceptors (Lipinski definition) is 5. The van der Waals surface area contributed by atoms with Crippen LogP contribution in [0.2, 0.25) is 0 Å². The van der Waals surface area contributed by atoms with E-state index in [-0.39, 0.29) is 12.8 Å². The Balaban J connectivity index is 1.26. The van der Waals surface area contributed by atoms with Crippen LogP contribution in [-0.2, 0) is 13.1 Å². The number of carbonyl (C=O) groups is 1. The summed E-state index contributed by atoms with van der Waals surface area (Å²) in [7, 11) is 0. The number of rotatable bonds is 5. The van der Waals surface area contributed by atoms with Crippen molar-refractivity contribution in [1.82, 2.24) is 15.6 Å². The highest BCUT2D eigenvalue weighted by molar-refractivity contribution is 5.73. The molecule has 26 heavy (non-hydrogen) atoms. The number of amides is 2. The van der Waals surface area contributed by atoms with Crippen molar-refractivity contribution in [3.05, 3.63) is 66.2 Å². The largest absolute Gasteiger partial charge is 0.472 e. The Hall–Kier alpha value is -3.48. The van der Waals surface area contributed by atoms with E-state index in [0.717, 1.165) is 28.1 Å². The van der Waals surface area contributed by atoms with E-state index in [4.69, 9.17) is 13.9 Å². The molecule has 3 heterocycles. The number of urea groups is 1. The molecule has 4 rings (SSSR count). The molecule has 0 bridgehead atoms. The number of nitrogens with one attached hydrogen (secondary N) is 2. The highest BCUT2D eigenvalue weighted by Gasteiger charge is 2.13. The molecule has 0 spiro atoms. The van der Waals surface area contributed by atoms with E-state index in [1.54, 1.807) is 18.7 Å². The van der Waals surface area contributed by atoms with E-state index < -0.39 is 0 Å². The lowest BCUT2D eigenvalue weighted by Crippen LogP contribution is -2.34. The zero-order valence-electron chi connectivity index (χ0n) is 13.9. The number of hydrogen-bond donors (Lipinski definition) is 2. The molecule has 0 saturated heterocycles. The zero-order chi connectivity index (χ0) is 17.8. The van der Waals surface area contributed by atoms with E-state index in [1.807, 2.05) is 36.4 Å². The predicted octanol–water partition coefficient (Wildman–Crippen LogP) is 3.07. The fourth-order valence-electron chi connectivity index (χ4n) is 2.59. The molecule has 0 fully saturated rings. The maximum absolute atomic E-state index is 12.0. The summed E-state index contributed by atoms with van der Waals surface area (Å²) < 4.78 is 15.6. The molecule has 7 heteroatoms. The van der Waals surface area contributed by atoms with Crippen molar-refractivity contribution >= 4 is 6.03 Å². The first kappa shape index (κ1) is 16.0. The summed E-state index contributed by atoms with van der Waals surface area (Å²) in [6.07, 6.45) is 4.99. The highest BCUT2D eigenvalue weighted by atomic mass is 16.7. The van der Waals surface area contributed by atoms with E-state index in [1.165, 1.54) is 0 Å². The first-order valence-corrected chi connectivity index (χ1v) is 8.16. The van der Waals surface area contributed by atoms with Gasteiger partial charge in [0.25, 0.3) is 0 Å². The van der Waals surface area contributed by atoms with Crippen molar-refractivity contribution in [2.75, 3.05) is 6.79 Å². The molecule has 3 aromatic rings. The minimum Gasteiger partial charge on any atom is -0.472 e. The zero-order valence-corrected chi connectivity index (χ0v) is 13.9. The van der Waals surface area contributed by atoms with Crippen molar-refractivity contribution < 1.29 is 18.7 Å². The third-order valence-corrected chi connectivity index (χ3v) is 3.98. The number of benzene rings is 1. The Bertz CT molecular complexity index is 892. The van der Waals surface area contributed by atoms with Crippen LogP contribution in [0.1, 0.15) is 11.1 Å². The first-order valence-electron chi connectivity index (χ1n) is 8.16. The number of carbonyl (C=O) groups excluding carboxylic acids is 1. The minimum atomic E-state index is -0.249. The second kappa shape index (κ2) is 7.18. The second-order valence-electron chi connectivity index (χ2n) is 5.79. The first-order chi connectivity index (χ1) is 12.8. The molecule has 1 aliphatic rings. The van der Waals surface area contributed by atoms with Gasteiger partial charge in [-0.1, -0.05) is 12.1 Å². The molecule has 1 aliphatic heterocycles. The third-order valence-electron chi connectivity index (χ3n) is 3.98. The van der Waals surface area contributed by atoms with Crippen LogP contribution >= 0.6 is 0 Å². The van der Waals surface area contributed by atoms with Gasteiger partial charge in [-0.05, 0) is 35.4 Å². The summed E-state index contributed by atoms with van der Waals surface area (Å²) in [5, 5.41) is 5.63. The van der Waals surface area contributed by atoms with Crippen LogP contribution in [0.4, 0.5) is 4.79 Å². The number of nitrogens with zero attached hydrogens (tertiary/aromatic N) is 1. The van der Waals surface area contributed by atoms with Crippen molar-refractivity contribution in [2.45, 2.75) is 13.1 Å². The standard InChI is InChI=1S/C19H17N3O4/c23-19(21-8-13-2-4-17-18(7-13)26-12-25-17)22-10-14-1-3-16(20-9-14)15-5-6-24-11-15/h1-7,9,11H,8,10,12H2,(H2,21,22,23). The van der Waals surface area contributed by atoms with Crippen LogP contribution in [-0.4, -0.2) is 17.8 Å². The smallest absolute Gasteiger partial charge is 0.315 e. The van der Waals surface area contributed by atoms with Crippen LogP contribution in [0.15, 0.2) is 59.5 Å². The molecule has 0 aliphatic carbocycles. The van der Waals surface area contributed by atoms with Gasteiger partial charge in [0.1, 0.15) is 0 Å². The molecule has 2 amide bonds. The quantitative estimate of drug-likeness (QED) is 0.738. The molecule has 1 aromatic carbocycles. The van der Waals surface area contributed by atoms with Gasteiger partial charge in [0.2, 0.25) is 6.79 Å². The van der Waals surface area contributed by atoms with Crippen LogP contribution < -0.4 is 20.1 Å². The van der Waals surface area contributed by atoms with E-state index in [9.17, 15) is 4.79 Å². The van der Waals surface area contributed by atoms with Gasteiger partial charge in [-0.15, -0.1) is 0 Å². The number of aromatic nitrogens is 1. The van der Waals surface area contributed by atoms with Crippen molar-refractivity contribution in [3.63, 3.8) is 0 Å². The van der Waals surface area contributed by atoms with E-state index in [0.29, 0.717) is 18.8 Å². The number of fused-ring (bicyclic) bond motifs is 1. The average molecular weight is 351 g/mol. The lowest BCUT2D eigenvalue weighted by molar-refractivity contribution is 0.174. The van der Waals surface area contributed by atoms with Crippen LogP contribution in [0.25, 0.3) is 11.3 Å². The molecule has 132 valence electrons. The SMILES string of the molecule is O=C(NCc1ccc(-c2ccoc2)nc1)NCc1ccc2c(c1)OCO2. The van der Waals surface area contributed by atoms with Gasteiger partial charge < -0.3 is 24.5 Å². The topological polar surface area (TPSA) is 85.6 Å². The summed E-state index contributed by atoms with van der Waals surface area (Å²) in [6.45, 7) is 1.03. The van der Waals surface area contributed by atoms with Gasteiger partial charge in [0, 0.05) is 24.8 Å². The molecule has 7 nitrogen and oxygen atoms in total. The monoisotopic (exact) mass is 351 g/mol. The van der Waals surface area contributed by atoms with Gasteiger partial charge in [-0.2, -0.15) is 0 Å². The fraction of sp³-hybridized carbons (Fsp3) is 0.158. The number of ether oxygens (including phenoxy) is 2. The van der Waals surface area contributed by atoms with E-state index >= 15 is 0 Å². The molecule has 2 N–H and O–H groups in total. The number of furan rings is 1. The molecule has 0 atom stereocenters.